The Morgan fingerprint density at radius 2 is 1.83 bits per heavy atom. The summed E-state index contributed by atoms with van der Waals surface area (Å²) in [6.45, 7) is 1.05. The van der Waals surface area contributed by atoms with Crippen LogP contribution in [0.3, 0.4) is 0 Å². The predicted octanol–water partition coefficient (Wildman–Crippen LogP) is 1.11. The van der Waals surface area contributed by atoms with Crippen molar-refractivity contribution in [2.24, 2.45) is 0 Å². The van der Waals surface area contributed by atoms with Gasteiger partial charge in [-0.3, -0.25) is 4.79 Å². The van der Waals surface area contributed by atoms with Crippen LogP contribution in [-0.4, -0.2) is 63.3 Å². The summed E-state index contributed by atoms with van der Waals surface area (Å²) in [6.07, 6.45) is 3.03. The number of esters is 1. The molecule has 8 heteroatoms. The van der Waals surface area contributed by atoms with E-state index < -0.39 is 16.0 Å². The highest BCUT2D eigenvalue weighted by molar-refractivity contribution is 7.89. The molecular formula is C16H22N2O5S. The molecule has 0 radical (unpaired) electrons. The van der Waals surface area contributed by atoms with Crippen LogP contribution in [0.25, 0.3) is 0 Å². The largest absolute Gasteiger partial charge is 0.452 e. The van der Waals surface area contributed by atoms with Gasteiger partial charge in [-0.15, -0.1) is 0 Å². The fourth-order valence-corrected chi connectivity index (χ4v) is 3.39. The number of likely N-dealkylation sites (tertiary alicyclic amines) is 1. The number of carbonyl (C=O) groups is 2. The Balaban J connectivity index is 2.01. The van der Waals surface area contributed by atoms with Gasteiger partial charge in [-0.2, -0.15) is 0 Å². The Morgan fingerprint density at radius 1 is 1.17 bits per heavy atom. The van der Waals surface area contributed by atoms with Crippen molar-refractivity contribution in [3.05, 3.63) is 29.8 Å². The summed E-state index contributed by atoms with van der Waals surface area (Å²) in [4.78, 5) is 25.8. The summed E-state index contributed by atoms with van der Waals surface area (Å²) >= 11 is 0. The quantitative estimate of drug-likeness (QED) is 0.740. The average Bonchev–Trinajstić information content (AvgIpc) is 2.60. The molecule has 1 amide bonds. The molecule has 0 bridgehead atoms. The maximum absolute atomic E-state index is 12.1. The van der Waals surface area contributed by atoms with Gasteiger partial charge < -0.3 is 9.64 Å². The third-order valence-electron chi connectivity index (χ3n) is 3.88. The van der Waals surface area contributed by atoms with Crippen LogP contribution in [0.15, 0.2) is 29.2 Å². The summed E-state index contributed by atoms with van der Waals surface area (Å²) in [5.41, 5.74) is 0.101. The van der Waals surface area contributed by atoms with E-state index in [1.807, 2.05) is 0 Å². The molecule has 0 atom stereocenters. The van der Waals surface area contributed by atoms with Crippen LogP contribution in [0.4, 0.5) is 0 Å². The lowest BCUT2D eigenvalue weighted by Gasteiger charge is -2.26. The summed E-state index contributed by atoms with van der Waals surface area (Å²) in [6, 6.07) is 5.59. The zero-order valence-corrected chi connectivity index (χ0v) is 14.7. The Bertz CT molecular complexity index is 709. The number of nitrogens with zero attached hydrogens (tertiary/aromatic N) is 2. The zero-order valence-electron chi connectivity index (χ0n) is 13.9. The van der Waals surface area contributed by atoms with E-state index in [9.17, 15) is 18.0 Å². The van der Waals surface area contributed by atoms with E-state index in [1.165, 1.54) is 38.4 Å². The van der Waals surface area contributed by atoms with E-state index >= 15 is 0 Å². The molecule has 0 saturated carbocycles. The third-order valence-corrected chi connectivity index (χ3v) is 5.69. The summed E-state index contributed by atoms with van der Waals surface area (Å²) in [5, 5.41) is 0. The highest BCUT2D eigenvalue weighted by Gasteiger charge is 2.21. The molecule has 1 heterocycles. The van der Waals surface area contributed by atoms with Gasteiger partial charge in [-0.25, -0.2) is 17.5 Å². The number of amides is 1. The molecule has 24 heavy (non-hydrogen) atoms. The second-order valence-corrected chi connectivity index (χ2v) is 7.98. The average molecular weight is 354 g/mol. The molecule has 1 aromatic carbocycles. The molecule has 1 aliphatic rings. The fourth-order valence-electron chi connectivity index (χ4n) is 2.44. The van der Waals surface area contributed by atoms with E-state index in [4.69, 9.17) is 4.74 Å². The second kappa shape index (κ2) is 7.76. The van der Waals surface area contributed by atoms with E-state index in [2.05, 4.69) is 0 Å². The molecule has 1 aliphatic heterocycles. The molecule has 132 valence electrons. The Labute approximate surface area is 142 Å². The molecule has 1 aromatic rings. The molecule has 0 unspecified atom stereocenters. The van der Waals surface area contributed by atoms with Gasteiger partial charge in [0.15, 0.2) is 6.61 Å². The van der Waals surface area contributed by atoms with Crippen LogP contribution in [0, 0.1) is 0 Å². The summed E-state index contributed by atoms with van der Waals surface area (Å²) in [7, 11) is -0.802. The van der Waals surface area contributed by atoms with Crippen LogP contribution in [0.2, 0.25) is 0 Å². The van der Waals surface area contributed by atoms with Crippen LogP contribution < -0.4 is 0 Å². The first kappa shape index (κ1) is 18.4. The van der Waals surface area contributed by atoms with Crippen LogP contribution in [0.5, 0.6) is 0 Å². The van der Waals surface area contributed by atoms with Gasteiger partial charge in [0, 0.05) is 27.2 Å². The summed E-state index contributed by atoms with van der Waals surface area (Å²) in [5.74, 6) is -0.934. The molecule has 1 saturated heterocycles. The Hall–Kier alpha value is -1.93. The number of carbonyl (C=O) groups excluding carboxylic acids is 2. The molecule has 0 N–H and O–H groups in total. The molecule has 0 spiro atoms. The van der Waals surface area contributed by atoms with Crippen molar-refractivity contribution in [2.75, 3.05) is 33.8 Å². The van der Waals surface area contributed by atoms with Crippen LogP contribution >= 0.6 is 0 Å². The third kappa shape index (κ3) is 4.33. The van der Waals surface area contributed by atoms with Crippen molar-refractivity contribution in [1.82, 2.24) is 9.21 Å². The van der Waals surface area contributed by atoms with Gasteiger partial charge in [0.1, 0.15) is 0 Å². The first-order chi connectivity index (χ1) is 11.3. The van der Waals surface area contributed by atoms with Gasteiger partial charge in [-0.05, 0) is 37.5 Å². The van der Waals surface area contributed by atoms with Crippen molar-refractivity contribution in [1.29, 1.82) is 0 Å². The number of sulfonamides is 1. The number of hydrogen-bond donors (Lipinski definition) is 0. The van der Waals surface area contributed by atoms with Crippen molar-refractivity contribution in [2.45, 2.75) is 24.2 Å². The predicted molar refractivity (Wildman–Crippen MR) is 88.0 cm³/mol. The van der Waals surface area contributed by atoms with Crippen LogP contribution in [0.1, 0.15) is 29.6 Å². The van der Waals surface area contributed by atoms with Crippen molar-refractivity contribution < 1.29 is 22.7 Å². The minimum absolute atomic E-state index is 0.00399. The van der Waals surface area contributed by atoms with E-state index in [0.29, 0.717) is 13.1 Å². The molecule has 0 aliphatic carbocycles. The Morgan fingerprint density at radius 3 is 2.46 bits per heavy atom. The smallest absolute Gasteiger partial charge is 0.338 e. The first-order valence-corrected chi connectivity index (χ1v) is 9.24. The standard InChI is InChI=1S/C16H22N2O5S/c1-17(2)24(21,22)14-8-6-7-13(11-14)16(20)23-12-15(19)18-9-4-3-5-10-18/h6-8,11H,3-5,9-10,12H2,1-2H3. The fraction of sp³-hybridized carbons (Fsp3) is 0.500. The number of ether oxygens (including phenoxy) is 1. The molecule has 0 aromatic heterocycles. The topological polar surface area (TPSA) is 84.0 Å². The molecule has 1 fully saturated rings. The van der Waals surface area contributed by atoms with Crippen molar-refractivity contribution in [3.8, 4) is 0 Å². The van der Waals surface area contributed by atoms with E-state index in [1.54, 1.807) is 4.90 Å². The summed E-state index contributed by atoms with van der Waals surface area (Å²) < 4.78 is 30.3. The monoisotopic (exact) mass is 354 g/mol. The van der Waals surface area contributed by atoms with Crippen molar-refractivity contribution in [3.63, 3.8) is 0 Å². The minimum Gasteiger partial charge on any atom is -0.452 e. The van der Waals surface area contributed by atoms with Gasteiger partial charge in [0.2, 0.25) is 10.0 Å². The second-order valence-electron chi connectivity index (χ2n) is 5.83. The normalized spacial score (nSPS) is 15.4. The van der Waals surface area contributed by atoms with Gasteiger partial charge in [0.05, 0.1) is 10.5 Å². The lowest BCUT2D eigenvalue weighted by atomic mass is 10.1. The van der Waals surface area contributed by atoms with Crippen LogP contribution in [-0.2, 0) is 19.6 Å². The molecular weight excluding hydrogens is 332 g/mol. The van der Waals surface area contributed by atoms with Gasteiger partial charge in [0.25, 0.3) is 5.91 Å². The number of benzene rings is 1. The minimum atomic E-state index is -3.63. The van der Waals surface area contributed by atoms with Gasteiger partial charge in [-0.1, -0.05) is 6.07 Å². The highest BCUT2D eigenvalue weighted by atomic mass is 32.2. The van der Waals surface area contributed by atoms with Gasteiger partial charge >= 0.3 is 5.97 Å². The number of rotatable bonds is 5. The van der Waals surface area contributed by atoms with E-state index in [0.717, 1.165) is 23.6 Å². The first-order valence-electron chi connectivity index (χ1n) is 7.80. The molecule has 7 nitrogen and oxygen atoms in total. The lowest BCUT2D eigenvalue weighted by molar-refractivity contribution is -0.135. The SMILES string of the molecule is CN(C)S(=O)(=O)c1cccc(C(=O)OCC(=O)N2CCCCC2)c1. The van der Waals surface area contributed by atoms with E-state index in [-0.39, 0.29) is 23.0 Å². The zero-order chi connectivity index (χ0) is 17.7. The van der Waals surface area contributed by atoms with Crippen molar-refractivity contribution >= 4 is 21.9 Å². The maximum atomic E-state index is 12.1. The maximum Gasteiger partial charge on any atom is 0.338 e. The highest BCUT2D eigenvalue weighted by Crippen LogP contribution is 2.16. The number of hydrogen-bond acceptors (Lipinski definition) is 5. The molecule has 2 rings (SSSR count). The number of piperidine rings is 1. The Kier molecular flexibility index (Phi) is 5.95. The lowest BCUT2D eigenvalue weighted by Crippen LogP contribution is -2.38.